The quantitative estimate of drug-likeness (QED) is 0.788. The second-order valence-corrected chi connectivity index (χ2v) is 4.96. The van der Waals surface area contributed by atoms with Gasteiger partial charge in [-0.25, -0.2) is 9.78 Å². The highest BCUT2D eigenvalue weighted by molar-refractivity contribution is 5.70. The maximum atomic E-state index is 11.5. The molecule has 0 radical (unpaired) electrons. The first-order valence-electron chi connectivity index (χ1n) is 6.76. The molecule has 0 spiro atoms. The third-order valence-corrected chi connectivity index (χ3v) is 3.86. The Labute approximate surface area is 116 Å². The Balaban J connectivity index is 1.66. The molecule has 7 heteroatoms. The van der Waals surface area contributed by atoms with Gasteiger partial charge < -0.3 is 14.5 Å². The molecule has 2 saturated heterocycles. The van der Waals surface area contributed by atoms with Crippen molar-refractivity contribution in [3.05, 3.63) is 23.2 Å². The molecule has 106 valence electrons. The number of cyclic esters (lactones) is 1. The number of piperidine rings is 1. The molecule has 1 aromatic rings. The molecule has 0 atom stereocenters. The zero-order valence-corrected chi connectivity index (χ0v) is 11.1. The van der Waals surface area contributed by atoms with Crippen LogP contribution in [0.25, 0.3) is 0 Å². The number of nitrogens with zero attached hydrogens (tertiary/aromatic N) is 4. The van der Waals surface area contributed by atoms with E-state index in [0.29, 0.717) is 24.7 Å². The van der Waals surface area contributed by atoms with Crippen LogP contribution in [0.1, 0.15) is 12.8 Å². The number of amides is 1. The molecule has 0 aromatic carbocycles. The van der Waals surface area contributed by atoms with E-state index in [4.69, 9.17) is 4.74 Å². The lowest BCUT2D eigenvalue weighted by Gasteiger charge is -2.36. The highest BCUT2D eigenvalue weighted by Gasteiger charge is 2.32. The number of hydrogen-bond acceptors (Lipinski definition) is 6. The predicted octanol–water partition coefficient (Wildman–Crippen LogP) is 1.90. The van der Waals surface area contributed by atoms with Crippen molar-refractivity contribution in [2.75, 3.05) is 31.1 Å². The van der Waals surface area contributed by atoms with Crippen molar-refractivity contribution in [2.45, 2.75) is 18.9 Å². The standard InChI is InChI=1S/C13H16N4O3/c18-13-17(8-9-20-13)10-3-6-16(7-4-10)12-11(15-19)2-1-5-14-12/h1-2,5,10H,3-4,6-9H2. The number of carbonyl (C=O) groups is 1. The van der Waals surface area contributed by atoms with E-state index in [1.165, 1.54) is 0 Å². The van der Waals surface area contributed by atoms with Gasteiger partial charge in [-0.05, 0) is 30.2 Å². The molecular weight excluding hydrogens is 260 g/mol. The first-order chi connectivity index (χ1) is 9.79. The van der Waals surface area contributed by atoms with Crippen molar-refractivity contribution in [1.82, 2.24) is 9.88 Å². The van der Waals surface area contributed by atoms with Gasteiger partial charge in [-0.1, -0.05) is 0 Å². The minimum Gasteiger partial charge on any atom is -0.448 e. The molecule has 2 fully saturated rings. The number of carbonyl (C=O) groups excluding carboxylic acids is 1. The van der Waals surface area contributed by atoms with Crippen molar-refractivity contribution in [1.29, 1.82) is 0 Å². The lowest BCUT2D eigenvalue weighted by atomic mass is 10.0. The Bertz CT molecular complexity index is 514. The van der Waals surface area contributed by atoms with Gasteiger partial charge in [0.2, 0.25) is 0 Å². The second-order valence-electron chi connectivity index (χ2n) is 4.96. The van der Waals surface area contributed by atoms with Crippen molar-refractivity contribution < 1.29 is 9.53 Å². The smallest absolute Gasteiger partial charge is 0.410 e. The van der Waals surface area contributed by atoms with E-state index in [9.17, 15) is 9.70 Å². The molecule has 20 heavy (non-hydrogen) atoms. The van der Waals surface area contributed by atoms with Gasteiger partial charge in [-0.3, -0.25) is 0 Å². The van der Waals surface area contributed by atoms with Crippen LogP contribution in [0, 0.1) is 4.91 Å². The van der Waals surface area contributed by atoms with Gasteiger partial charge in [0, 0.05) is 25.3 Å². The fraction of sp³-hybridized carbons (Fsp3) is 0.538. The maximum Gasteiger partial charge on any atom is 0.410 e. The molecule has 0 saturated carbocycles. The van der Waals surface area contributed by atoms with Gasteiger partial charge in [0.15, 0.2) is 5.82 Å². The zero-order valence-electron chi connectivity index (χ0n) is 11.1. The number of anilines is 1. The Morgan fingerprint density at radius 1 is 1.30 bits per heavy atom. The second kappa shape index (κ2) is 5.44. The third-order valence-electron chi connectivity index (χ3n) is 3.86. The number of rotatable bonds is 3. The normalized spacial score (nSPS) is 20.1. The van der Waals surface area contributed by atoms with Gasteiger partial charge in [-0.15, -0.1) is 4.91 Å². The molecule has 7 nitrogen and oxygen atoms in total. The van der Waals surface area contributed by atoms with Gasteiger partial charge in [0.1, 0.15) is 12.3 Å². The van der Waals surface area contributed by atoms with Crippen molar-refractivity contribution in [2.24, 2.45) is 5.18 Å². The van der Waals surface area contributed by atoms with E-state index >= 15 is 0 Å². The molecule has 0 N–H and O–H groups in total. The van der Waals surface area contributed by atoms with Crippen LogP contribution in [0.4, 0.5) is 16.3 Å². The van der Waals surface area contributed by atoms with Crippen LogP contribution in [-0.4, -0.2) is 48.3 Å². The highest BCUT2D eigenvalue weighted by atomic mass is 16.6. The molecule has 3 rings (SSSR count). The molecular formula is C13H16N4O3. The number of pyridine rings is 1. The van der Waals surface area contributed by atoms with E-state index in [1.54, 1.807) is 23.2 Å². The maximum absolute atomic E-state index is 11.5. The summed E-state index contributed by atoms with van der Waals surface area (Å²) in [5.74, 6) is 0.630. The Kier molecular flexibility index (Phi) is 3.49. The Morgan fingerprint density at radius 2 is 2.10 bits per heavy atom. The van der Waals surface area contributed by atoms with Gasteiger partial charge >= 0.3 is 6.09 Å². The SMILES string of the molecule is O=Nc1cccnc1N1CCC(N2CCOC2=O)CC1. The van der Waals surface area contributed by atoms with E-state index < -0.39 is 0 Å². The van der Waals surface area contributed by atoms with Crippen LogP contribution >= 0.6 is 0 Å². The average molecular weight is 276 g/mol. The lowest BCUT2D eigenvalue weighted by molar-refractivity contribution is 0.142. The summed E-state index contributed by atoms with van der Waals surface area (Å²) in [6.45, 7) is 2.68. The van der Waals surface area contributed by atoms with E-state index in [1.807, 2.05) is 0 Å². The molecule has 1 amide bonds. The van der Waals surface area contributed by atoms with Crippen LogP contribution in [0.5, 0.6) is 0 Å². The van der Waals surface area contributed by atoms with E-state index in [2.05, 4.69) is 15.1 Å². The summed E-state index contributed by atoms with van der Waals surface area (Å²) in [6, 6.07) is 3.59. The summed E-state index contributed by atoms with van der Waals surface area (Å²) < 4.78 is 4.97. The summed E-state index contributed by atoms with van der Waals surface area (Å²) in [7, 11) is 0. The van der Waals surface area contributed by atoms with Crippen molar-refractivity contribution in [3.8, 4) is 0 Å². The molecule has 2 aliphatic heterocycles. The van der Waals surface area contributed by atoms with Crippen molar-refractivity contribution >= 4 is 17.6 Å². The molecule has 0 bridgehead atoms. The summed E-state index contributed by atoms with van der Waals surface area (Å²) in [5, 5.41) is 3.02. The van der Waals surface area contributed by atoms with Gasteiger partial charge in [-0.2, -0.15) is 0 Å². The largest absolute Gasteiger partial charge is 0.448 e. The fourth-order valence-corrected chi connectivity index (χ4v) is 2.83. The van der Waals surface area contributed by atoms with Crippen LogP contribution in [0.15, 0.2) is 23.5 Å². The van der Waals surface area contributed by atoms with Gasteiger partial charge in [0.25, 0.3) is 0 Å². The van der Waals surface area contributed by atoms with Crippen LogP contribution < -0.4 is 4.90 Å². The van der Waals surface area contributed by atoms with Gasteiger partial charge in [0.05, 0.1) is 6.54 Å². The van der Waals surface area contributed by atoms with Crippen LogP contribution in [-0.2, 0) is 4.74 Å². The number of nitroso groups, excluding NO2 is 1. The Morgan fingerprint density at radius 3 is 2.75 bits per heavy atom. The topological polar surface area (TPSA) is 75.1 Å². The first kappa shape index (κ1) is 12.8. The van der Waals surface area contributed by atoms with Crippen LogP contribution in [0.2, 0.25) is 0 Å². The molecule has 2 aliphatic rings. The first-order valence-corrected chi connectivity index (χ1v) is 6.76. The summed E-state index contributed by atoms with van der Waals surface area (Å²) in [4.78, 5) is 30.4. The number of aromatic nitrogens is 1. The fourth-order valence-electron chi connectivity index (χ4n) is 2.83. The third kappa shape index (κ3) is 2.31. The molecule has 3 heterocycles. The van der Waals surface area contributed by atoms with Crippen molar-refractivity contribution in [3.63, 3.8) is 0 Å². The average Bonchev–Trinajstić information content (AvgIpc) is 2.93. The minimum atomic E-state index is -0.212. The molecule has 0 aliphatic carbocycles. The molecule has 1 aromatic heterocycles. The summed E-state index contributed by atoms with van der Waals surface area (Å²) >= 11 is 0. The monoisotopic (exact) mass is 276 g/mol. The van der Waals surface area contributed by atoms with E-state index in [-0.39, 0.29) is 12.1 Å². The highest BCUT2D eigenvalue weighted by Crippen LogP contribution is 2.29. The van der Waals surface area contributed by atoms with Crippen LogP contribution in [0.3, 0.4) is 0 Å². The number of ether oxygens (including phenoxy) is 1. The molecule has 0 unspecified atom stereocenters. The minimum absolute atomic E-state index is 0.212. The zero-order chi connectivity index (χ0) is 13.9. The van der Waals surface area contributed by atoms with E-state index in [0.717, 1.165) is 25.9 Å². The number of hydrogen-bond donors (Lipinski definition) is 0. The lowest BCUT2D eigenvalue weighted by Crippen LogP contribution is -2.45. The summed E-state index contributed by atoms with van der Waals surface area (Å²) in [6.07, 6.45) is 3.15. The Hall–Kier alpha value is -2.18. The summed E-state index contributed by atoms with van der Waals surface area (Å²) in [5.41, 5.74) is 0.367. The predicted molar refractivity (Wildman–Crippen MR) is 73.0 cm³/mol.